The van der Waals surface area contributed by atoms with Crippen molar-refractivity contribution in [2.45, 2.75) is 0 Å². The Labute approximate surface area is 88.1 Å². The molecule has 1 aliphatic heterocycles. The van der Waals surface area contributed by atoms with E-state index in [9.17, 15) is 9.59 Å². The van der Waals surface area contributed by atoms with Crippen LogP contribution in [0.2, 0.25) is 0 Å². The van der Waals surface area contributed by atoms with E-state index < -0.39 is 0 Å². The molecule has 15 heavy (non-hydrogen) atoms. The van der Waals surface area contributed by atoms with Crippen molar-refractivity contribution < 1.29 is 19.1 Å². The Bertz CT molecular complexity index is 263. The van der Waals surface area contributed by atoms with Crippen LogP contribution in [0.25, 0.3) is 0 Å². The van der Waals surface area contributed by atoms with Crippen LogP contribution in [0.4, 0.5) is 0 Å². The highest BCUT2D eigenvalue weighted by Crippen LogP contribution is 2.49. The van der Waals surface area contributed by atoms with Crippen LogP contribution >= 0.6 is 0 Å². The van der Waals surface area contributed by atoms with Crippen LogP contribution in [-0.4, -0.2) is 39.2 Å². The van der Waals surface area contributed by atoms with Gasteiger partial charge in [0.25, 0.3) is 0 Å². The van der Waals surface area contributed by atoms with E-state index in [-0.39, 0.29) is 35.6 Å². The molecule has 1 saturated carbocycles. The van der Waals surface area contributed by atoms with Gasteiger partial charge in [0.15, 0.2) is 0 Å². The average molecular weight is 213 g/mol. The maximum atomic E-state index is 11.5. The summed E-state index contributed by atoms with van der Waals surface area (Å²) >= 11 is 0. The van der Waals surface area contributed by atoms with Crippen LogP contribution in [0.15, 0.2) is 0 Å². The first-order chi connectivity index (χ1) is 7.20. The Hall–Kier alpha value is -1.10. The molecule has 0 radical (unpaired) electrons. The van der Waals surface area contributed by atoms with E-state index in [1.807, 2.05) is 0 Å². The molecule has 1 N–H and O–H groups in total. The van der Waals surface area contributed by atoms with Crippen LogP contribution in [0, 0.1) is 23.7 Å². The van der Waals surface area contributed by atoms with Crippen molar-refractivity contribution in [1.82, 2.24) is 5.32 Å². The molecule has 1 saturated heterocycles. The number of esters is 2. The fourth-order valence-corrected chi connectivity index (χ4v) is 2.81. The molecule has 0 spiro atoms. The van der Waals surface area contributed by atoms with Crippen molar-refractivity contribution >= 4 is 11.9 Å². The quantitative estimate of drug-likeness (QED) is 0.621. The molecule has 5 heteroatoms. The van der Waals surface area contributed by atoms with E-state index in [1.165, 1.54) is 14.2 Å². The zero-order valence-electron chi connectivity index (χ0n) is 8.86. The monoisotopic (exact) mass is 213 g/mol. The normalized spacial score (nSPS) is 37.7. The van der Waals surface area contributed by atoms with Gasteiger partial charge in [-0.3, -0.25) is 9.59 Å². The Balaban J connectivity index is 2.13. The first kappa shape index (κ1) is 10.4. The largest absolute Gasteiger partial charge is 0.469 e. The summed E-state index contributed by atoms with van der Waals surface area (Å²) in [5.74, 6) is -0.751. The Kier molecular flexibility index (Phi) is 2.65. The highest BCUT2D eigenvalue weighted by Gasteiger charge is 2.59. The number of hydrogen-bond acceptors (Lipinski definition) is 5. The first-order valence-electron chi connectivity index (χ1n) is 5.07. The number of rotatable bonds is 2. The van der Waals surface area contributed by atoms with Crippen LogP contribution in [0.3, 0.4) is 0 Å². The molecular weight excluding hydrogens is 198 g/mol. The number of methoxy groups -OCH3 is 2. The zero-order valence-corrected chi connectivity index (χ0v) is 8.86. The molecule has 0 aromatic carbocycles. The van der Waals surface area contributed by atoms with Gasteiger partial charge in [-0.2, -0.15) is 0 Å². The summed E-state index contributed by atoms with van der Waals surface area (Å²) in [5.41, 5.74) is 0. The second-order valence-corrected chi connectivity index (χ2v) is 4.08. The van der Waals surface area contributed by atoms with Gasteiger partial charge in [0, 0.05) is 0 Å². The van der Waals surface area contributed by atoms with Gasteiger partial charge in [0.2, 0.25) is 0 Å². The number of nitrogens with one attached hydrogen (secondary N) is 1. The molecule has 0 bridgehead atoms. The fraction of sp³-hybridized carbons (Fsp3) is 0.800. The third-order valence-corrected chi connectivity index (χ3v) is 3.57. The predicted molar refractivity (Wildman–Crippen MR) is 50.9 cm³/mol. The summed E-state index contributed by atoms with van der Waals surface area (Å²) in [5, 5.41) is 3.19. The highest BCUT2D eigenvalue weighted by molar-refractivity contribution is 5.85. The number of ether oxygens (including phenoxy) is 2. The van der Waals surface area contributed by atoms with Gasteiger partial charge in [0.05, 0.1) is 26.1 Å². The molecule has 2 rings (SSSR count). The number of carbonyl (C=O) groups excluding carboxylic acids is 2. The molecular formula is C10H15NO4. The molecule has 1 heterocycles. The molecule has 0 aromatic rings. The number of carbonyl (C=O) groups is 2. The molecule has 4 atom stereocenters. The lowest BCUT2D eigenvalue weighted by molar-refractivity contribution is -0.174. The topological polar surface area (TPSA) is 64.6 Å². The second-order valence-electron chi connectivity index (χ2n) is 4.08. The minimum absolute atomic E-state index is 0.238. The van der Waals surface area contributed by atoms with E-state index in [0.717, 1.165) is 13.1 Å². The molecule has 0 amide bonds. The molecule has 84 valence electrons. The lowest BCUT2D eigenvalue weighted by Crippen LogP contribution is -2.54. The second kappa shape index (κ2) is 3.81. The van der Waals surface area contributed by atoms with E-state index in [0.29, 0.717) is 0 Å². The van der Waals surface area contributed by atoms with E-state index >= 15 is 0 Å². The summed E-state index contributed by atoms with van der Waals surface area (Å²) in [6, 6.07) is 0. The highest BCUT2D eigenvalue weighted by atomic mass is 16.5. The van der Waals surface area contributed by atoms with Crippen LogP contribution in [0.1, 0.15) is 0 Å². The van der Waals surface area contributed by atoms with Crippen LogP contribution in [0.5, 0.6) is 0 Å². The van der Waals surface area contributed by atoms with Crippen molar-refractivity contribution in [3.05, 3.63) is 0 Å². The predicted octanol–water partition coefficient (Wildman–Crippen LogP) is -0.586. The summed E-state index contributed by atoms with van der Waals surface area (Å²) in [6.07, 6.45) is 0. The average Bonchev–Trinajstić information content (AvgIpc) is 2.62. The van der Waals surface area contributed by atoms with Crippen molar-refractivity contribution in [2.75, 3.05) is 27.3 Å². The third-order valence-electron chi connectivity index (χ3n) is 3.57. The minimum Gasteiger partial charge on any atom is -0.469 e. The van der Waals surface area contributed by atoms with Crippen molar-refractivity contribution in [1.29, 1.82) is 0 Å². The van der Waals surface area contributed by atoms with E-state index in [2.05, 4.69) is 5.32 Å². The van der Waals surface area contributed by atoms with Crippen molar-refractivity contribution in [3.8, 4) is 0 Å². The van der Waals surface area contributed by atoms with Gasteiger partial charge in [-0.1, -0.05) is 0 Å². The maximum absolute atomic E-state index is 11.5. The fourth-order valence-electron chi connectivity index (χ4n) is 2.81. The lowest BCUT2D eigenvalue weighted by Gasteiger charge is -2.44. The maximum Gasteiger partial charge on any atom is 0.309 e. The molecule has 5 nitrogen and oxygen atoms in total. The SMILES string of the molecule is COC(=O)[C@H]1[C@@H]2CNC[C@@H]2[C@@H]1C(=O)OC. The molecule has 1 aliphatic carbocycles. The molecule has 0 aromatic heterocycles. The van der Waals surface area contributed by atoms with Gasteiger partial charge in [0.1, 0.15) is 0 Å². The van der Waals surface area contributed by atoms with E-state index in [1.54, 1.807) is 0 Å². The van der Waals surface area contributed by atoms with Crippen molar-refractivity contribution in [3.63, 3.8) is 0 Å². The van der Waals surface area contributed by atoms with Crippen LogP contribution in [-0.2, 0) is 19.1 Å². The molecule has 2 aliphatic rings. The molecule has 2 fully saturated rings. The Morgan fingerprint density at radius 1 is 1.00 bits per heavy atom. The van der Waals surface area contributed by atoms with E-state index in [4.69, 9.17) is 9.47 Å². The lowest BCUT2D eigenvalue weighted by atomic mass is 9.58. The minimum atomic E-state index is -0.317. The third kappa shape index (κ3) is 1.42. The molecule has 0 unspecified atom stereocenters. The Morgan fingerprint density at radius 3 is 1.73 bits per heavy atom. The Morgan fingerprint density at radius 2 is 1.40 bits per heavy atom. The summed E-state index contributed by atoms with van der Waals surface area (Å²) in [6.45, 7) is 1.58. The van der Waals surface area contributed by atoms with Gasteiger partial charge >= 0.3 is 11.9 Å². The van der Waals surface area contributed by atoms with Crippen LogP contribution < -0.4 is 5.32 Å². The van der Waals surface area contributed by atoms with Gasteiger partial charge in [-0.15, -0.1) is 0 Å². The van der Waals surface area contributed by atoms with Gasteiger partial charge in [-0.05, 0) is 24.9 Å². The van der Waals surface area contributed by atoms with Gasteiger partial charge in [-0.25, -0.2) is 0 Å². The standard InChI is InChI=1S/C10H15NO4/c1-14-9(12)7-5-3-11-4-6(5)8(7)10(13)15-2/h5-8,11H,3-4H2,1-2H3/t5-,6+,7-,8-/m0/s1. The number of fused-ring (bicyclic) bond motifs is 1. The first-order valence-corrected chi connectivity index (χ1v) is 5.07. The van der Waals surface area contributed by atoms with Crippen molar-refractivity contribution in [2.24, 2.45) is 23.7 Å². The summed E-state index contributed by atoms with van der Waals surface area (Å²) in [7, 11) is 2.71. The zero-order chi connectivity index (χ0) is 11.0. The smallest absolute Gasteiger partial charge is 0.309 e. The number of hydrogen-bond donors (Lipinski definition) is 1. The summed E-state index contributed by atoms with van der Waals surface area (Å²) < 4.78 is 9.43. The summed E-state index contributed by atoms with van der Waals surface area (Å²) in [4.78, 5) is 23.0. The van der Waals surface area contributed by atoms with Gasteiger partial charge < -0.3 is 14.8 Å².